The van der Waals surface area contributed by atoms with Crippen LogP contribution in [-0.2, 0) is 10.2 Å². The highest BCUT2D eigenvalue weighted by Gasteiger charge is 2.20. The fourth-order valence-corrected chi connectivity index (χ4v) is 3.65. The van der Waals surface area contributed by atoms with Gasteiger partial charge in [-0.15, -0.1) is 0 Å². The molecule has 1 atom stereocenters. The van der Waals surface area contributed by atoms with E-state index in [1.54, 1.807) is 0 Å². The van der Waals surface area contributed by atoms with Crippen molar-refractivity contribution < 1.29 is 14.3 Å². The third-order valence-corrected chi connectivity index (χ3v) is 5.75. The van der Waals surface area contributed by atoms with Gasteiger partial charge in [-0.05, 0) is 73.7 Å². The lowest BCUT2D eigenvalue weighted by molar-refractivity contribution is -0.122. The molecule has 1 fully saturated rings. The third kappa shape index (κ3) is 6.73. The van der Waals surface area contributed by atoms with Gasteiger partial charge in [0, 0.05) is 18.8 Å². The topological polar surface area (TPSA) is 50.8 Å². The summed E-state index contributed by atoms with van der Waals surface area (Å²) in [5.41, 5.74) is 2.06. The van der Waals surface area contributed by atoms with Crippen LogP contribution in [0.2, 0.25) is 0 Å². The van der Waals surface area contributed by atoms with Gasteiger partial charge in [-0.25, -0.2) is 0 Å². The lowest BCUT2D eigenvalue weighted by Crippen LogP contribution is -2.35. The maximum absolute atomic E-state index is 12.7. The first-order valence-electron chi connectivity index (χ1n) is 11.3. The molecule has 1 aliphatic heterocycles. The zero-order chi connectivity index (χ0) is 22.4. The van der Waals surface area contributed by atoms with E-state index in [4.69, 9.17) is 9.47 Å². The summed E-state index contributed by atoms with van der Waals surface area (Å²) in [5.74, 6) is 1.40. The van der Waals surface area contributed by atoms with Crippen LogP contribution in [0.3, 0.4) is 0 Å². The second-order valence-corrected chi connectivity index (χ2v) is 9.42. The minimum atomic E-state index is -0.546. The highest BCUT2D eigenvalue weighted by atomic mass is 16.5. The minimum Gasteiger partial charge on any atom is -0.490 e. The molecule has 1 heterocycles. The number of hydrogen-bond donors (Lipinski definition) is 1. The van der Waals surface area contributed by atoms with Crippen LogP contribution < -0.4 is 14.8 Å². The Bertz CT molecular complexity index is 832. The number of ether oxygens (including phenoxy) is 2. The predicted molar refractivity (Wildman–Crippen MR) is 126 cm³/mol. The van der Waals surface area contributed by atoms with E-state index >= 15 is 0 Å². The number of likely N-dealkylation sites (tertiary alicyclic amines) is 1. The van der Waals surface area contributed by atoms with Gasteiger partial charge in [0.2, 0.25) is 0 Å². The number of anilines is 1. The molecule has 2 aromatic rings. The van der Waals surface area contributed by atoms with E-state index in [-0.39, 0.29) is 17.4 Å². The minimum absolute atomic E-state index is 0.0866. The Labute approximate surface area is 186 Å². The molecule has 0 saturated carbocycles. The summed E-state index contributed by atoms with van der Waals surface area (Å²) in [4.78, 5) is 15.1. The summed E-state index contributed by atoms with van der Waals surface area (Å²) >= 11 is 0. The zero-order valence-electron chi connectivity index (χ0n) is 19.5. The standard InChI is InChI=1S/C26H36N2O3/c1-6-24(31-22-11-7-19(8-12-22)26(2,3)4)25(29)27-20-9-13-21(14-10-20)30-23-15-17-28(5)18-16-23/h7-14,23-24H,6,15-18H2,1-5H3,(H,27,29)/t24-/m0/s1. The zero-order valence-corrected chi connectivity index (χ0v) is 19.5. The number of piperidine rings is 1. The molecule has 0 aliphatic carbocycles. The average Bonchev–Trinajstić information content (AvgIpc) is 2.74. The fraction of sp³-hybridized carbons (Fsp3) is 0.500. The van der Waals surface area contributed by atoms with E-state index in [0.717, 1.165) is 37.4 Å². The molecule has 3 rings (SSSR count). The van der Waals surface area contributed by atoms with Crippen LogP contribution in [0.25, 0.3) is 0 Å². The van der Waals surface area contributed by atoms with E-state index in [9.17, 15) is 4.79 Å². The van der Waals surface area contributed by atoms with Gasteiger partial charge in [0.05, 0.1) is 0 Å². The van der Waals surface area contributed by atoms with Gasteiger partial charge in [-0.3, -0.25) is 4.79 Å². The molecule has 0 aromatic heterocycles. The number of carbonyl (C=O) groups is 1. The largest absolute Gasteiger partial charge is 0.490 e. The number of nitrogens with zero attached hydrogens (tertiary/aromatic N) is 1. The van der Waals surface area contributed by atoms with Gasteiger partial charge in [-0.1, -0.05) is 39.8 Å². The van der Waals surface area contributed by atoms with Gasteiger partial charge in [0.1, 0.15) is 17.6 Å². The first-order valence-corrected chi connectivity index (χ1v) is 11.3. The molecule has 31 heavy (non-hydrogen) atoms. The Morgan fingerprint density at radius 2 is 1.61 bits per heavy atom. The van der Waals surface area contributed by atoms with Crippen LogP contribution in [0.15, 0.2) is 48.5 Å². The summed E-state index contributed by atoms with van der Waals surface area (Å²) in [6.07, 6.45) is 2.39. The molecule has 0 unspecified atom stereocenters. The lowest BCUT2D eigenvalue weighted by Gasteiger charge is -2.29. The molecule has 0 spiro atoms. The number of carbonyl (C=O) groups excluding carboxylic acids is 1. The summed E-state index contributed by atoms with van der Waals surface area (Å²) in [5, 5.41) is 2.96. The Kier molecular flexibility index (Phi) is 7.60. The fourth-order valence-electron chi connectivity index (χ4n) is 3.65. The Hall–Kier alpha value is -2.53. The van der Waals surface area contributed by atoms with E-state index in [0.29, 0.717) is 12.2 Å². The molecule has 5 nitrogen and oxygen atoms in total. The van der Waals surface area contributed by atoms with Crippen molar-refractivity contribution in [1.82, 2.24) is 4.90 Å². The van der Waals surface area contributed by atoms with Gasteiger partial charge >= 0.3 is 0 Å². The maximum atomic E-state index is 12.7. The molecular weight excluding hydrogens is 388 g/mol. The van der Waals surface area contributed by atoms with Crippen LogP contribution in [0.5, 0.6) is 11.5 Å². The first-order chi connectivity index (χ1) is 14.7. The van der Waals surface area contributed by atoms with Crippen LogP contribution in [-0.4, -0.2) is 43.2 Å². The molecule has 0 radical (unpaired) electrons. The van der Waals surface area contributed by atoms with Gasteiger partial charge < -0.3 is 19.7 Å². The Balaban J connectivity index is 1.54. The monoisotopic (exact) mass is 424 g/mol. The van der Waals surface area contributed by atoms with E-state index < -0.39 is 6.10 Å². The Morgan fingerprint density at radius 1 is 1.03 bits per heavy atom. The van der Waals surface area contributed by atoms with Crippen LogP contribution >= 0.6 is 0 Å². The quantitative estimate of drug-likeness (QED) is 0.659. The maximum Gasteiger partial charge on any atom is 0.265 e. The van der Waals surface area contributed by atoms with Gasteiger partial charge in [-0.2, -0.15) is 0 Å². The normalized spacial score (nSPS) is 16.5. The summed E-state index contributed by atoms with van der Waals surface area (Å²) in [6.45, 7) is 10.6. The molecule has 2 aromatic carbocycles. The number of rotatable bonds is 7. The molecule has 1 N–H and O–H groups in total. The summed E-state index contributed by atoms with van der Waals surface area (Å²) in [6, 6.07) is 15.6. The smallest absolute Gasteiger partial charge is 0.265 e. The van der Waals surface area contributed by atoms with Crippen molar-refractivity contribution in [2.45, 2.75) is 64.6 Å². The molecule has 0 bridgehead atoms. The van der Waals surface area contributed by atoms with E-state index in [1.807, 2.05) is 43.3 Å². The van der Waals surface area contributed by atoms with E-state index in [1.165, 1.54) is 5.56 Å². The molecular formula is C26H36N2O3. The SMILES string of the molecule is CC[C@H](Oc1ccc(C(C)(C)C)cc1)C(=O)Nc1ccc(OC2CCN(C)CC2)cc1. The average molecular weight is 425 g/mol. The third-order valence-electron chi connectivity index (χ3n) is 5.75. The van der Waals surface area contributed by atoms with Gasteiger partial charge in [0.25, 0.3) is 5.91 Å². The summed E-state index contributed by atoms with van der Waals surface area (Å²) in [7, 11) is 2.14. The molecule has 5 heteroatoms. The summed E-state index contributed by atoms with van der Waals surface area (Å²) < 4.78 is 12.0. The van der Waals surface area contributed by atoms with Crippen molar-refractivity contribution >= 4 is 11.6 Å². The number of benzene rings is 2. The first kappa shape index (κ1) is 23.1. The second-order valence-electron chi connectivity index (χ2n) is 9.42. The predicted octanol–water partition coefficient (Wildman–Crippen LogP) is 5.25. The van der Waals surface area contributed by atoms with E-state index in [2.05, 4.69) is 50.2 Å². The molecule has 168 valence electrons. The van der Waals surface area contributed by atoms with Crippen molar-refractivity contribution in [2.24, 2.45) is 0 Å². The van der Waals surface area contributed by atoms with Crippen LogP contribution in [0.1, 0.15) is 52.5 Å². The van der Waals surface area contributed by atoms with Crippen molar-refractivity contribution in [2.75, 3.05) is 25.5 Å². The molecule has 1 saturated heterocycles. The highest BCUT2D eigenvalue weighted by Crippen LogP contribution is 2.25. The van der Waals surface area contributed by atoms with Gasteiger partial charge in [0.15, 0.2) is 6.10 Å². The van der Waals surface area contributed by atoms with Crippen molar-refractivity contribution in [3.05, 3.63) is 54.1 Å². The number of nitrogens with one attached hydrogen (secondary N) is 1. The molecule has 1 amide bonds. The lowest BCUT2D eigenvalue weighted by atomic mass is 9.87. The number of amides is 1. The van der Waals surface area contributed by atoms with Crippen molar-refractivity contribution in [3.8, 4) is 11.5 Å². The van der Waals surface area contributed by atoms with Crippen LogP contribution in [0.4, 0.5) is 5.69 Å². The molecule has 1 aliphatic rings. The Morgan fingerprint density at radius 3 is 2.16 bits per heavy atom. The second kappa shape index (κ2) is 10.2. The van der Waals surface area contributed by atoms with Crippen molar-refractivity contribution in [1.29, 1.82) is 0 Å². The van der Waals surface area contributed by atoms with Crippen LogP contribution in [0, 0.1) is 0 Å². The highest BCUT2D eigenvalue weighted by molar-refractivity contribution is 5.94. The number of hydrogen-bond acceptors (Lipinski definition) is 4. The van der Waals surface area contributed by atoms with Crippen molar-refractivity contribution in [3.63, 3.8) is 0 Å².